The van der Waals surface area contributed by atoms with Gasteiger partial charge in [0.2, 0.25) is 29.5 Å². The Morgan fingerprint density at radius 1 is 0.390 bits per heavy atom. The van der Waals surface area contributed by atoms with Gasteiger partial charge in [-0.1, -0.05) is 54.4 Å². The van der Waals surface area contributed by atoms with Gasteiger partial charge in [0.15, 0.2) is 24.6 Å². The molecule has 35 nitrogen and oxygen atoms in total. The number of rotatable bonds is 69. The Balaban J connectivity index is 1.21. The zero-order chi connectivity index (χ0) is 100. The van der Waals surface area contributed by atoms with Gasteiger partial charge in [-0.25, -0.2) is 4.79 Å². The number of phenolic OH excluding ortho intramolecular Hbond substituents is 1. The predicted octanol–water partition coefficient (Wildman–Crippen LogP) is 12.7. The molecule has 3 saturated heterocycles. The molecule has 136 heavy (non-hydrogen) atoms. The first-order valence-corrected chi connectivity index (χ1v) is 51.1. The van der Waals surface area contributed by atoms with Crippen LogP contribution in [0.15, 0.2) is 30.3 Å². The zero-order valence-corrected chi connectivity index (χ0v) is 88.0. The summed E-state index contributed by atoms with van der Waals surface area (Å²) in [6.45, 7) is 19.7. The van der Waals surface area contributed by atoms with E-state index in [0.717, 1.165) is 0 Å². The minimum Gasteiger partial charge on any atom is -0.507 e. The second-order valence-corrected chi connectivity index (χ2v) is 39.6. The summed E-state index contributed by atoms with van der Waals surface area (Å²) in [6, 6.07) is 6.05. The van der Waals surface area contributed by atoms with Crippen LogP contribution in [0.25, 0.3) is 0 Å². The number of phenols is 1. The van der Waals surface area contributed by atoms with E-state index in [9.17, 15) is 77.0 Å². The van der Waals surface area contributed by atoms with Crippen LogP contribution in [0.1, 0.15) is 268 Å². The minimum atomic E-state index is -1.52. The first-order valence-electron chi connectivity index (χ1n) is 47.9. The quantitative estimate of drug-likeness (QED) is 0.0155. The number of ketones is 6. The van der Waals surface area contributed by atoms with E-state index < -0.39 is 103 Å². The van der Waals surface area contributed by atoms with Crippen molar-refractivity contribution in [3.63, 3.8) is 0 Å². The molecule has 3 fully saturated rings. The summed E-state index contributed by atoms with van der Waals surface area (Å²) in [5, 5.41) is 24.7. The van der Waals surface area contributed by atoms with Crippen molar-refractivity contribution in [2.45, 2.75) is 336 Å². The summed E-state index contributed by atoms with van der Waals surface area (Å²) in [5.41, 5.74) is -0.839. The monoisotopic (exact) mass is 2260 g/mol. The first-order chi connectivity index (χ1) is 64.7. The third kappa shape index (κ3) is 46.7. The first kappa shape index (κ1) is 120. The predicted molar refractivity (Wildman–Crippen MR) is 525 cm³/mol. The Kier molecular flexibility index (Phi) is 57.4. The van der Waals surface area contributed by atoms with Gasteiger partial charge in [-0.15, -0.1) is 0 Å². The van der Waals surface area contributed by atoms with Crippen molar-refractivity contribution in [2.75, 3.05) is 86.4 Å². The molecule has 0 bridgehead atoms. The molecule has 2 aromatic carbocycles. The highest BCUT2D eigenvalue weighted by Gasteiger charge is 2.47. The lowest BCUT2D eigenvalue weighted by Crippen LogP contribution is -2.58. The number of benzene rings is 2. The molecule has 0 radical (unpaired) electrons. The molecule has 0 aliphatic carbocycles. The Morgan fingerprint density at radius 2 is 0.713 bits per heavy atom. The van der Waals surface area contributed by atoms with E-state index in [4.69, 9.17) is 66.3 Å². The zero-order valence-electron chi connectivity index (χ0n) is 81.5. The molecular formula is C98H148I3N5O30. The van der Waals surface area contributed by atoms with E-state index in [1.54, 1.807) is 12.1 Å². The second kappa shape index (κ2) is 65.3. The smallest absolute Gasteiger partial charge is 0.328 e. The van der Waals surface area contributed by atoms with Crippen LogP contribution in [0.4, 0.5) is 0 Å². The molecule has 5 amide bonds. The van der Waals surface area contributed by atoms with Gasteiger partial charge in [-0.3, -0.25) is 67.1 Å². The van der Waals surface area contributed by atoms with E-state index in [1.165, 1.54) is 54.7 Å². The van der Waals surface area contributed by atoms with Crippen molar-refractivity contribution < 1.29 is 143 Å². The van der Waals surface area contributed by atoms with E-state index in [0.29, 0.717) is 131 Å². The second-order valence-electron chi connectivity index (χ2n) is 36.1. The lowest BCUT2D eigenvalue weighted by molar-refractivity contribution is -0.244. The average molecular weight is 2260 g/mol. The van der Waals surface area contributed by atoms with Crippen LogP contribution in [0.5, 0.6) is 17.2 Å². The molecule has 6 N–H and O–H groups in total. The number of amides is 5. The van der Waals surface area contributed by atoms with Gasteiger partial charge in [0.05, 0.1) is 93.9 Å². The van der Waals surface area contributed by atoms with Gasteiger partial charge in [-0.2, -0.15) is 0 Å². The summed E-state index contributed by atoms with van der Waals surface area (Å²) in [4.78, 5) is 192. The standard InChI is InChI=1S/C98H148I3N5O30/c1-60-63(4)90(102-66(7)107)95(134-85(60)54-130-69(10)110)127-44-23-20-32-73(113)28-16-14-18-30-76(116)41-47-124-57-98(59-126-49-43-78(118)36-26-35-75(115)34-22-25-46-129-97-92(104-68(9)109)65(6)62(3)87(136-97)56-132-71(12)112,106-89(121)38-27-37-88(120)105-83(94(122)123-13)52-72-50-81(100)93(82(101)51-72)133-79-39-40-84(119)80(99)53-79)58-125-48-42-77(117)31-19-15-17-29-74(114)33-21-24-45-128-96-91(103-67(8)108)64(5)61(2)86(135-96)55-131-70(11)111/h39-40,50-51,53,60-65,83,85-87,90-92,95-97,119H,14-38,41-49,52,54-59H2,1-13H3,(H,102,107)(H,103,108)(H,104,109)(H,105,120)(H,106,121). The minimum absolute atomic E-state index is 0.00777. The number of hydrogen-bond acceptors (Lipinski definition) is 30. The summed E-state index contributed by atoms with van der Waals surface area (Å²) in [6.07, 6.45) is 4.82. The number of aromatic hydroxyl groups is 1. The summed E-state index contributed by atoms with van der Waals surface area (Å²) < 4.78 is 84.7. The van der Waals surface area contributed by atoms with Crippen LogP contribution in [0.3, 0.4) is 0 Å². The highest BCUT2D eigenvalue weighted by Crippen LogP contribution is 2.38. The van der Waals surface area contributed by atoms with E-state index in [1.807, 2.05) is 76.3 Å². The highest BCUT2D eigenvalue weighted by molar-refractivity contribution is 14.1. The molecule has 16 unspecified atom stereocenters. The fraction of sp³-hybridized carbons (Fsp3) is 0.724. The van der Waals surface area contributed by atoms with Crippen LogP contribution in [-0.2, 0) is 140 Å². The Bertz CT molecular complexity index is 4010. The lowest BCUT2D eigenvalue weighted by Gasteiger charge is -2.44. The lowest BCUT2D eigenvalue weighted by atomic mass is 9.82. The molecular weight excluding hydrogens is 2110 g/mol. The molecule has 3 aliphatic rings. The maximum absolute atomic E-state index is 14.4. The van der Waals surface area contributed by atoms with E-state index in [2.05, 4.69) is 71.8 Å². The normalized spacial score (nSPS) is 22.1. The van der Waals surface area contributed by atoms with E-state index in [-0.39, 0.29) is 256 Å². The van der Waals surface area contributed by atoms with Crippen molar-refractivity contribution >= 4 is 156 Å². The van der Waals surface area contributed by atoms with Gasteiger partial charge < -0.3 is 98.0 Å². The fourth-order valence-corrected chi connectivity index (χ4v) is 18.8. The van der Waals surface area contributed by atoms with Crippen LogP contribution in [-0.4, -0.2) is 246 Å². The van der Waals surface area contributed by atoms with E-state index >= 15 is 0 Å². The summed E-state index contributed by atoms with van der Waals surface area (Å²) >= 11 is 6.24. The van der Waals surface area contributed by atoms with Gasteiger partial charge in [0.25, 0.3) is 0 Å². The number of methoxy groups -OCH3 is 1. The number of nitrogens with one attached hydrogen (secondary N) is 5. The maximum atomic E-state index is 14.4. The molecule has 766 valence electrons. The SMILES string of the molecule is COC(=O)C(Cc1cc(I)c(Oc2ccc(O)c(I)c2)c(I)c1)NC(=O)CCCC(=O)NC(COCCC(=O)CCCCCC(=O)CCCCOC1OC(COC(C)=O)C(C)C(C)C1NC(C)=O)(COCCC(=O)CCCCCC(=O)CCCCOC1OC(COC(C)=O)C(C)C(C)C1NC(C)=O)COCCC(=O)CCCC(=O)CCCCOC1OC(COC(C)=O)C(C)C(C)C1NC(C)=O. The fourth-order valence-electron chi connectivity index (χ4n) is 16.2. The van der Waals surface area contributed by atoms with Crippen molar-refractivity contribution in [3.05, 3.63) is 46.6 Å². The molecule has 16 atom stereocenters. The molecule has 0 spiro atoms. The van der Waals surface area contributed by atoms with Crippen LogP contribution in [0, 0.1) is 46.2 Å². The topological polar surface area (TPSA) is 466 Å². The average Bonchev–Trinajstić information content (AvgIpc) is 0.795. The highest BCUT2D eigenvalue weighted by atomic mass is 127. The Hall–Kier alpha value is -6.88. The number of esters is 4. The molecule has 38 heteroatoms. The molecule has 0 saturated carbocycles. The van der Waals surface area contributed by atoms with Gasteiger partial charge in [0, 0.05) is 158 Å². The van der Waals surface area contributed by atoms with Gasteiger partial charge in [-0.05, 0) is 216 Å². The third-order valence-corrected chi connectivity index (χ3v) is 27.2. The molecule has 5 rings (SSSR count). The van der Waals surface area contributed by atoms with Crippen LogP contribution < -0.4 is 31.3 Å². The molecule has 3 heterocycles. The molecule has 3 aliphatic heterocycles. The maximum Gasteiger partial charge on any atom is 0.328 e. The van der Waals surface area contributed by atoms with Crippen LogP contribution in [0.2, 0.25) is 0 Å². The third-order valence-electron chi connectivity index (χ3n) is 24.7. The molecule has 0 aromatic heterocycles. The largest absolute Gasteiger partial charge is 0.507 e. The number of unbranched alkanes of at least 4 members (excludes halogenated alkanes) is 7. The Morgan fingerprint density at radius 3 is 1.04 bits per heavy atom. The summed E-state index contributed by atoms with van der Waals surface area (Å²) in [5.74, 6) is -3.37. The Labute approximate surface area is 841 Å². The van der Waals surface area contributed by atoms with Gasteiger partial charge in [0.1, 0.15) is 77.6 Å². The van der Waals surface area contributed by atoms with Crippen molar-refractivity contribution in [3.8, 4) is 17.2 Å². The van der Waals surface area contributed by atoms with Gasteiger partial charge >= 0.3 is 23.9 Å². The van der Waals surface area contributed by atoms with Crippen LogP contribution >= 0.6 is 67.8 Å². The van der Waals surface area contributed by atoms with Crippen molar-refractivity contribution in [2.24, 2.45) is 35.5 Å². The summed E-state index contributed by atoms with van der Waals surface area (Å²) in [7, 11) is 1.21. The number of hydrogen-bond donors (Lipinski definition) is 6. The number of halogens is 3. The number of carbonyl (C=O) groups excluding carboxylic acids is 15. The number of carbonyl (C=O) groups is 15. The van der Waals surface area contributed by atoms with Crippen molar-refractivity contribution in [1.29, 1.82) is 0 Å². The molecule has 2 aromatic rings. The number of Topliss-reactive ketones (excluding diaryl/α,β-unsaturated/α-hetero) is 6. The number of ether oxygens (including phenoxy) is 14. The van der Waals surface area contributed by atoms with Crippen molar-refractivity contribution in [1.82, 2.24) is 26.6 Å².